The molecular formula is C25H19ClN4O4S2. The van der Waals surface area contributed by atoms with Gasteiger partial charge in [-0.1, -0.05) is 23.7 Å². The zero-order chi connectivity index (χ0) is 24.8. The number of fused-ring (bicyclic) bond motifs is 2. The molecule has 0 bridgehead atoms. The molecule has 0 aliphatic rings. The summed E-state index contributed by atoms with van der Waals surface area (Å²) < 4.78 is 24.7. The molecule has 0 aliphatic carbocycles. The van der Waals surface area contributed by atoms with Gasteiger partial charge in [0.25, 0.3) is 5.19 Å². The van der Waals surface area contributed by atoms with E-state index < -0.39 is 0 Å². The van der Waals surface area contributed by atoms with E-state index in [1.54, 1.807) is 30.1 Å². The van der Waals surface area contributed by atoms with Crippen molar-refractivity contribution in [1.82, 2.24) is 19.6 Å². The second kappa shape index (κ2) is 9.12. The van der Waals surface area contributed by atoms with Crippen molar-refractivity contribution < 1.29 is 18.6 Å². The Balaban J connectivity index is 1.31. The maximum Gasteiger partial charge on any atom is 0.294 e. The Hall–Kier alpha value is -3.60. The molecule has 0 unspecified atom stereocenters. The second-order valence-electron chi connectivity index (χ2n) is 7.91. The summed E-state index contributed by atoms with van der Waals surface area (Å²) in [5, 5.41) is 7.37. The highest BCUT2D eigenvalue weighted by molar-refractivity contribution is 7.18. The molecular weight excluding hydrogens is 520 g/mol. The lowest BCUT2D eigenvalue weighted by Crippen LogP contribution is -1.98. The highest BCUT2D eigenvalue weighted by Crippen LogP contribution is 2.36. The van der Waals surface area contributed by atoms with Crippen molar-refractivity contribution in [2.24, 2.45) is 0 Å². The fraction of sp³-hybridized carbons (Fsp3) is 0.160. The monoisotopic (exact) mass is 538 g/mol. The number of hydrogen-bond acceptors (Lipinski definition) is 9. The van der Waals surface area contributed by atoms with Crippen molar-refractivity contribution in [1.29, 1.82) is 0 Å². The van der Waals surface area contributed by atoms with Crippen molar-refractivity contribution in [3.8, 4) is 38.8 Å². The summed E-state index contributed by atoms with van der Waals surface area (Å²) in [6.45, 7) is 2.30. The van der Waals surface area contributed by atoms with Gasteiger partial charge in [0.05, 0.1) is 25.3 Å². The van der Waals surface area contributed by atoms with Gasteiger partial charge < -0.3 is 18.6 Å². The predicted molar refractivity (Wildman–Crippen MR) is 141 cm³/mol. The molecule has 4 aromatic heterocycles. The van der Waals surface area contributed by atoms with Crippen LogP contribution in [0, 0.1) is 6.92 Å². The zero-order valence-electron chi connectivity index (χ0n) is 19.4. The van der Waals surface area contributed by atoms with Crippen molar-refractivity contribution in [3.63, 3.8) is 0 Å². The first-order valence-corrected chi connectivity index (χ1v) is 12.9. The van der Waals surface area contributed by atoms with E-state index >= 15 is 0 Å². The number of ether oxygens (including phenoxy) is 3. The van der Waals surface area contributed by atoms with Crippen LogP contribution in [0.5, 0.6) is 16.8 Å². The average molecular weight is 539 g/mol. The van der Waals surface area contributed by atoms with E-state index in [4.69, 9.17) is 35.2 Å². The molecule has 36 heavy (non-hydrogen) atoms. The largest absolute Gasteiger partial charge is 0.497 e. The number of methoxy groups -OCH3 is 2. The molecule has 0 aliphatic heterocycles. The van der Waals surface area contributed by atoms with Crippen LogP contribution in [0.2, 0.25) is 5.02 Å². The Morgan fingerprint density at radius 1 is 1.03 bits per heavy atom. The van der Waals surface area contributed by atoms with Gasteiger partial charge in [-0.3, -0.25) is 0 Å². The number of thiazole rings is 1. The summed E-state index contributed by atoms with van der Waals surface area (Å²) >= 11 is 8.96. The molecule has 0 amide bonds. The molecule has 0 atom stereocenters. The Morgan fingerprint density at radius 2 is 1.86 bits per heavy atom. The standard InChI is InChI=1S/C25H19ClN4O4S2/c1-13-22(28-23(35-13)14-4-6-16(26)7-5-14)33-12-15-8-17(31-2)9-20-18(15)10-21(34-20)19-11-30-24(27-19)36-25(29-30)32-3/h4-11H,12H2,1-3H3. The molecule has 2 aromatic carbocycles. The minimum Gasteiger partial charge on any atom is -0.497 e. The lowest BCUT2D eigenvalue weighted by Gasteiger charge is -2.07. The normalized spacial score (nSPS) is 11.4. The summed E-state index contributed by atoms with van der Waals surface area (Å²) in [5.41, 5.74) is 3.28. The Kier molecular flexibility index (Phi) is 5.79. The van der Waals surface area contributed by atoms with E-state index in [9.17, 15) is 0 Å². The fourth-order valence-electron chi connectivity index (χ4n) is 3.81. The number of aromatic nitrogens is 4. The van der Waals surface area contributed by atoms with Gasteiger partial charge in [-0.05, 0) is 42.5 Å². The molecule has 0 saturated heterocycles. The summed E-state index contributed by atoms with van der Waals surface area (Å²) in [7, 11) is 3.21. The average Bonchev–Trinajstić information content (AvgIpc) is 3.64. The van der Waals surface area contributed by atoms with Crippen molar-refractivity contribution >= 4 is 50.2 Å². The van der Waals surface area contributed by atoms with Crippen LogP contribution in [-0.2, 0) is 6.61 Å². The maximum atomic E-state index is 6.17. The number of rotatable bonds is 7. The third-order valence-corrected chi connectivity index (χ3v) is 7.73. The van der Waals surface area contributed by atoms with Crippen molar-refractivity contribution in [2.75, 3.05) is 14.2 Å². The first kappa shape index (κ1) is 22.8. The molecule has 182 valence electrons. The summed E-state index contributed by atoms with van der Waals surface area (Å²) in [5.74, 6) is 1.90. The summed E-state index contributed by atoms with van der Waals surface area (Å²) in [6, 6.07) is 13.4. The van der Waals surface area contributed by atoms with Gasteiger partial charge >= 0.3 is 0 Å². The molecule has 6 aromatic rings. The molecule has 0 radical (unpaired) electrons. The lowest BCUT2D eigenvalue weighted by atomic mass is 10.1. The van der Waals surface area contributed by atoms with Crippen molar-refractivity contribution in [2.45, 2.75) is 13.5 Å². The Morgan fingerprint density at radius 3 is 2.61 bits per heavy atom. The van der Waals surface area contributed by atoms with Crippen LogP contribution in [0.3, 0.4) is 0 Å². The highest BCUT2D eigenvalue weighted by atomic mass is 35.5. The topological polar surface area (TPSA) is 83.9 Å². The molecule has 11 heteroatoms. The van der Waals surface area contributed by atoms with Crippen LogP contribution in [0.25, 0.3) is 38.0 Å². The van der Waals surface area contributed by atoms with Gasteiger partial charge in [0.2, 0.25) is 10.8 Å². The van der Waals surface area contributed by atoms with Gasteiger partial charge in [0.1, 0.15) is 28.6 Å². The van der Waals surface area contributed by atoms with Crippen LogP contribution in [0.15, 0.2) is 53.1 Å². The van der Waals surface area contributed by atoms with Gasteiger partial charge in [-0.25, -0.2) is 14.5 Å². The summed E-state index contributed by atoms with van der Waals surface area (Å²) in [6.07, 6.45) is 1.82. The van der Waals surface area contributed by atoms with E-state index in [0.717, 1.165) is 31.4 Å². The van der Waals surface area contributed by atoms with E-state index in [-0.39, 0.29) is 0 Å². The fourth-order valence-corrected chi connectivity index (χ4v) is 5.50. The summed E-state index contributed by atoms with van der Waals surface area (Å²) in [4.78, 5) is 11.0. The number of halogens is 1. The van der Waals surface area contributed by atoms with E-state index in [1.807, 2.05) is 55.6 Å². The number of nitrogens with zero attached hydrogens (tertiary/aromatic N) is 4. The number of hydrogen-bond donors (Lipinski definition) is 0. The molecule has 6 rings (SSSR count). The minimum atomic E-state index is 0.300. The smallest absolute Gasteiger partial charge is 0.294 e. The maximum absolute atomic E-state index is 6.17. The quantitative estimate of drug-likeness (QED) is 0.219. The first-order valence-electron chi connectivity index (χ1n) is 10.9. The predicted octanol–water partition coefficient (Wildman–Crippen LogP) is 6.89. The van der Waals surface area contributed by atoms with E-state index in [1.165, 1.54) is 11.3 Å². The Labute approximate surface area is 218 Å². The van der Waals surface area contributed by atoms with Crippen LogP contribution in [-0.4, -0.2) is 33.8 Å². The van der Waals surface area contributed by atoms with E-state index in [0.29, 0.717) is 45.5 Å². The molecule has 4 heterocycles. The minimum absolute atomic E-state index is 0.300. The second-order valence-corrected chi connectivity index (χ2v) is 10.5. The van der Waals surface area contributed by atoms with Gasteiger partial charge in [-0.15, -0.1) is 16.4 Å². The van der Waals surface area contributed by atoms with Crippen molar-refractivity contribution in [3.05, 3.63) is 64.1 Å². The zero-order valence-corrected chi connectivity index (χ0v) is 21.8. The third-order valence-electron chi connectivity index (χ3n) is 5.59. The van der Waals surface area contributed by atoms with Crippen LogP contribution in [0.1, 0.15) is 10.4 Å². The number of furan rings is 1. The molecule has 0 N–H and O–H groups in total. The molecule has 0 spiro atoms. The molecule has 0 fully saturated rings. The van der Waals surface area contributed by atoms with E-state index in [2.05, 4.69) is 10.1 Å². The van der Waals surface area contributed by atoms with Crippen LogP contribution in [0.4, 0.5) is 0 Å². The lowest BCUT2D eigenvalue weighted by molar-refractivity contribution is 0.295. The van der Waals surface area contributed by atoms with Gasteiger partial charge in [-0.2, -0.15) is 0 Å². The van der Waals surface area contributed by atoms with Crippen LogP contribution >= 0.6 is 34.3 Å². The molecule has 0 saturated carbocycles. The number of aryl methyl sites for hydroxylation is 1. The third kappa shape index (κ3) is 4.17. The Bertz CT molecular complexity index is 1670. The molecule has 8 nitrogen and oxygen atoms in total. The first-order chi connectivity index (χ1) is 17.5. The van der Waals surface area contributed by atoms with Gasteiger partial charge in [0.15, 0.2) is 5.76 Å². The number of benzene rings is 2. The van der Waals surface area contributed by atoms with Gasteiger partial charge in [0, 0.05) is 27.6 Å². The van der Waals surface area contributed by atoms with Crippen LogP contribution < -0.4 is 14.2 Å². The SMILES string of the molecule is COc1cc(COc2nc(-c3ccc(Cl)cc3)sc2C)c2cc(-c3cn4nc(OC)sc4n3)oc2c1. The highest BCUT2D eigenvalue weighted by Gasteiger charge is 2.18. The number of imidazole rings is 1.